The summed E-state index contributed by atoms with van der Waals surface area (Å²) < 4.78 is 12.1. The molecule has 6 nitrogen and oxygen atoms in total. The lowest BCUT2D eigenvalue weighted by atomic mass is 10.2. The van der Waals surface area contributed by atoms with Crippen LogP contribution < -0.4 is 9.64 Å². The minimum absolute atomic E-state index is 0.102. The van der Waals surface area contributed by atoms with Crippen LogP contribution in [0.4, 0.5) is 5.13 Å². The highest BCUT2D eigenvalue weighted by Crippen LogP contribution is 2.30. The van der Waals surface area contributed by atoms with Gasteiger partial charge >= 0.3 is 0 Å². The molecule has 0 N–H and O–H groups in total. The molecule has 0 saturated heterocycles. The molecule has 0 spiro atoms. The van der Waals surface area contributed by atoms with Crippen LogP contribution in [0.15, 0.2) is 53.1 Å². The molecule has 7 heteroatoms. The van der Waals surface area contributed by atoms with Crippen LogP contribution in [0, 0.1) is 13.8 Å². The number of ether oxygens (including phenoxy) is 1. The van der Waals surface area contributed by atoms with E-state index >= 15 is 0 Å². The summed E-state index contributed by atoms with van der Waals surface area (Å²) in [7, 11) is 0. The highest BCUT2D eigenvalue weighted by atomic mass is 32.1. The molecule has 2 aromatic carbocycles. The summed E-state index contributed by atoms with van der Waals surface area (Å²) in [6, 6.07) is 15.1. The van der Waals surface area contributed by atoms with Crippen LogP contribution in [0.5, 0.6) is 5.75 Å². The number of aromatic nitrogens is 2. The molecular weight excluding hydrogens is 386 g/mol. The summed E-state index contributed by atoms with van der Waals surface area (Å²) in [6.07, 6.45) is 0. The topological polar surface area (TPSA) is 68.5 Å². The molecule has 0 radical (unpaired) electrons. The van der Waals surface area contributed by atoms with E-state index in [1.807, 2.05) is 57.2 Å². The quantitative estimate of drug-likeness (QED) is 0.442. The Hall–Kier alpha value is -3.19. The molecule has 0 fully saturated rings. The van der Waals surface area contributed by atoms with Crippen molar-refractivity contribution in [2.45, 2.75) is 27.4 Å². The number of aryl methyl sites for hydroxylation is 2. The Kier molecular flexibility index (Phi) is 5.31. The number of carbonyl (C=O) groups excluding carboxylic acids is 1. The molecule has 0 aliphatic carbocycles. The molecule has 0 aliphatic heterocycles. The Morgan fingerprint density at radius 2 is 2.00 bits per heavy atom. The van der Waals surface area contributed by atoms with Crippen molar-refractivity contribution < 1.29 is 14.1 Å². The lowest BCUT2D eigenvalue weighted by molar-refractivity contribution is 0.0988. The fourth-order valence-electron chi connectivity index (χ4n) is 3.08. The van der Waals surface area contributed by atoms with Crippen molar-refractivity contribution >= 4 is 32.6 Å². The smallest absolute Gasteiger partial charge is 0.260 e. The SMILES string of the molecule is CCN(C(=O)c1cccc(OCc2c(C)noc2C)c1)c1nc2ccccc2s1. The number of para-hydroxylation sites is 1. The number of nitrogens with zero attached hydrogens (tertiary/aromatic N) is 3. The van der Waals surface area contributed by atoms with Crippen molar-refractivity contribution in [3.8, 4) is 5.75 Å². The maximum absolute atomic E-state index is 13.2. The number of carbonyl (C=O) groups is 1. The van der Waals surface area contributed by atoms with Crippen LogP contribution in [0.3, 0.4) is 0 Å². The molecule has 0 bridgehead atoms. The second-order valence-electron chi connectivity index (χ2n) is 6.63. The van der Waals surface area contributed by atoms with Crippen LogP contribution in [0.2, 0.25) is 0 Å². The molecule has 0 atom stereocenters. The highest BCUT2D eigenvalue weighted by Gasteiger charge is 2.20. The van der Waals surface area contributed by atoms with Crippen LogP contribution >= 0.6 is 11.3 Å². The number of thiazole rings is 1. The van der Waals surface area contributed by atoms with Gasteiger partial charge in [0, 0.05) is 12.1 Å². The van der Waals surface area contributed by atoms with Gasteiger partial charge in [0.25, 0.3) is 5.91 Å². The van der Waals surface area contributed by atoms with Gasteiger partial charge in [-0.3, -0.25) is 9.69 Å². The molecule has 0 aliphatic rings. The Balaban J connectivity index is 1.55. The zero-order valence-electron chi connectivity index (χ0n) is 16.5. The molecule has 2 aromatic heterocycles. The third-order valence-electron chi connectivity index (χ3n) is 4.72. The van der Waals surface area contributed by atoms with E-state index in [1.54, 1.807) is 17.0 Å². The Morgan fingerprint density at radius 3 is 2.72 bits per heavy atom. The van der Waals surface area contributed by atoms with Crippen molar-refractivity contribution in [2.75, 3.05) is 11.4 Å². The highest BCUT2D eigenvalue weighted by molar-refractivity contribution is 7.22. The van der Waals surface area contributed by atoms with E-state index in [1.165, 1.54) is 11.3 Å². The van der Waals surface area contributed by atoms with Crippen molar-refractivity contribution in [1.29, 1.82) is 0 Å². The van der Waals surface area contributed by atoms with Gasteiger partial charge in [0.15, 0.2) is 5.13 Å². The van der Waals surface area contributed by atoms with Gasteiger partial charge in [0.2, 0.25) is 0 Å². The minimum atomic E-state index is -0.102. The molecule has 4 aromatic rings. The van der Waals surface area contributed by atoms with Gasteiger partial charge in [-0.25, -0.2) is 4.98 Å². The first-order chi connectivity index (χ1) is 14.1. The van der Waals surface area contributed by atoms with Crippen LogP contribution in [-0.2, 0) is 6.61 Å². The summed E-state index contributed by atoms with van der Waals surface area (Å²) in [5, 5.41) is 4.63. The zero-order chi connectivity index (χ0) is 20.4. The number of amides is 1. The summed E-state index contributed by atoms with van der Waals surface area (Å²) in [5.74, 6) is 1.26. The van der Waals surface area contributed by atoms with Gasteiger partial charge in [-0.05, 0) is 51.1 Å². The number of hydrogen-bond acceptors (Lipinski definition) is 6. The first-order valence-corrected chi connectivity index (χ1v) is 10.2. The number of benzene rings is 2. The number of fused-ring (bicyclic) bond motifs is 1. The Bertz CT molecular complexity index is 1110. The Morgan fingerprint density at radius 1 is 1.17 bits per heavy atom. The van der Waals surface area contributed by atoms with Gasteiger partial charge in [0.05, 0.1) is 21.5 Å². The van der Waals surface area contributed by atoms with Crippen molar-refractivity contribution in [1.82, 2.24) is 10.1 Å². The lowest BCUT2D eigenvalue weighted by Gasteiger charge is -2.18. The summed E-state index contributed by atoms with van der Waals surface area (Å²) in [5.41, 5.74) is 3.19. The monoisotopic (exact) mass is 407 g/mol. The third-order valence-corrected chi connectivity index (χ3v) is 5.78. The summed E-state index contributed by atoms with van der Waals surface area (Å²) in [4.78, 5) is 19.5. The second kappa shape index (κ2) is 8.05. The fourth-order valence-corrected chi connectivity index (χ4v) is 4.11. The predicted molar refractivity (Wildman–Crippen MR) is 114 cm³/mol. The fraction of sp³-hybridized carbons (Fsp3) is 0.227. The molecule has 1 amide bonds. The van der Waals surface area contributed by atoms with Crippen LogP contribution in [-0.4, -0.2) is 22.6 Å². The third kappa shape index (κ3) is 3.86. The zero-order valence-corrected chi connectivity index (χ0v) is 17.3. The van der Waals surface area contributed by atoms with E-state index in [-0.39, 0.29) is 5.91 Å². The first kappa shape index (κ1) is 19.1. The maximum atomic E-state index is 13.2. The minimum Gasteiger partial charge on any atom is -0.489 e. The van der Waals surface area contributed by atoms with Gasteiger partial charge in [-0.2, -0.15) is 0 Å². The Labute approximate surface area is 172 Å². The van der Waals surface area contributed by atoms with E-state index in [4.69, 9.17) is 9.26 Å². The molecule has 29 heavy (non-hydrogen) atoms. The first-order valence-electron chi connectivity index (χ1n) is 9.39. The second-order valence-corrected chi connectivity index (χ2v) is 7.64. The van der Waals surface area contributed by atoms with Crippen molar-refractivity contribution in [3.63, 3.8) is 0 Å². The summed E-state index contributed by atoms with van der Waals surface area (Å²) in [6.45, 7) is 6.56. The number of anilines is 1. The normalized spacial score (nSPS) is 11.0. The standard InChI is InChI=1S/C22H21N3O3S/c1-4-25(22-23-19-10-5-6-11-20(19)29-22)21(26)16-8-7-9-17(12-16)27-13-18-14(2)24-28-15(18)3/h5-12H,4,13H2,1-3H3. The van der Waals surface area contributed by atoms with Crippen molar-refractivity contribution in [2.24, 2.45) is 0 Å². The van der Waals surface area contributed by atoms with E-state index in [0.717, 1.165) is 27.2 Å². The molecule has 148 valence electrons. The molecule has 2 heterocycles. The average molecular weight is 407 g/mol. The van der Waals surface area contributed by atoms with Crippen LogP contribution in [0.1, 0.15) is 34.3 Å². The van der Waals surface area contributed by atoms with E-state index in [2.05, 4.69) is 10.1 Å². The van der Waals surface area contributed by atoms with Crippen LogP contribution in [0.25, 0.3) is 10.2 Å². The van der Waals surface area contributed by atoms with Gasteiger partial charge in [0.1, 0.15) is 18.1 Å². The van der Waals surface area contributed by atoms with Gasteiger partial charge in [-0.15, -0.1) is 0 Å². The van der Waals surface area contributed by atoms with Gasteiger partial charge < -0.3 is 9.26 Å². The number of hydrogen-bond donors (Lipinski definition) is 0. The molecule has 0 unspecified atom stereocenters. The lowest BCUT2D eigenvalue weighted by Crippen LogP contribution is -2.30. The van der Waals surface area contributed by atoms with Gasteiger partial charge in [-0.1, -0.05) is 34.7 Å². The van der Waals surface area contributed by atoms with E-state index in [0.29, 0.717) is 29.6 Å². The number of rotatable bonds is 6. The molecular formula is C22H21N3O3S. The molecule has 0 saturated carbocycles. The summed E-state index contributed by atoms with van der Waals surface area (Å²) >= 11 is 1.51. The largest absolute Gasteiger partial charge is 0.489 e. The van der Waals surface area contributed by atoms with E-state index < -0.39 is 0 Å². The molecule has 4 rings (SSSR count). The average Bonchev–Trinajstić information content (AvgIpc) is 3.30. The predicted octanol–water partition coefficient (Wildman–Crippen LogP) is 5.15. The van der Waals surface area contributed by atoms with Crippen molar-refractivity contribution in [3.05, 3.63) is 71.1 Å². The maximum Gasteiger partial charge on any atom is 0.260 e. The van der Waals surface area contributed by atoms with E-state index in [9.17, 15) is 4.79 Å².